The maximum absolute atomic E-state index is 11.9. The molecule has 0 saturated carbocycles. The molecular formula is C12H19NO3S. The zero-order valence-electron chi connectivity index (χ0n) is 10.3. The molecule has 0 spiro atoms. The van der Waals surface area contributed by atoms with Gasteiger partial charge in [-0.15, -0.1) is 0 Å². The third kappa shape index (κ3) is 4.85. The number of sulfonamides is 1. The Balaban J connectivity index is 2.51. The van der Waals surface area contributed by atoms with Crippen LogP contribution in [0.5, 0.6) is 0 Å². The molecule has 0 aliphatic carbocycles. The molecule has 4 nitrogen and oxygen atoms in total. The summed E-state index contributed by atoms with van der Waals surface area (Å²) in [5.41, 5.74) is 0.926. The number of rotatable bonds is 7. The molecule has 0 amide bonds. The summed E-state index contributed by atoms with van der Waals surface area (Å²) >= 11 is 0. The van der Waals surface area contributed by atoms with Gasteiger partial charge in [0.2, 0.25) is 10.0 Å². The summed E-state index contributed by atoms with van der Waals surface area (Å²) in [6, 6.07) is 6.83. The van der Waals surface area contributed by atoms with Gasteiger partial charge in [0.25, 0.3) is 0 Å². The number of benzene rings is 1. The van der Waals surface area contributed by atoms with Crippen molar-refractivity contribution in [1.82, 2.24) is 4.72 Å². The van der Waals surface area contributed by atoms with Crippen molar-refractivity contribution < 1.29 is 13.2 Å². The Kier molecular flexibility index (Phi) is 5.61. The van der Waals surface area contributed by atoms with Crippen LogP contribution >= 0.6 is 0 Å². The molecule has 17 heavy (non-hydrogen) atoms. The lowest BCUT2D eigenvalue weighted by Gasteiger charge is -2.07. The van der Waals surface area contributed by atoms with Gasteiger partial charge in [-0.05, 0) is 31.0 Å². The third-order valence-electron chi connectivity index (χ3n) is 2.19. The lowest BCUT2D eigenvalue weighted by atomic mass is 10.2. The highest BCUT2D eigenvalue weighted by Gasteiger charge is 2.12. The molecule has 0 saturated heterocycles. The Morgan fingerprint density at radius 3 is 2.71 bits per heavy atom. The van der Waals surface area contributed by atoms with Crippen molar-refractivity contribution in [3.05, 3.63) is 29.8 Å². The van der Waals surface area contributed by atoms with E-state index >= 15 is 0 Å². The van der Waals surface area contributed by atoms with E-state index in [9.17, 15) is 8.42 Å². The van der Waals surface area contributed by atoms with Crippen LogP contribution in [-0.4, -0.2) is 28.2 Å². The van der Waals surface area contributed by atoms with Crippen molar-refractivity contribution in [3.63, 3.8) is 0 Å². The summed E-state index contributed by atoms with van der Waals surface area (Å²) in [5.74, 6) is 0. The van der Waals surface area contributed by atoms with Gasteiger partial charge < -0.3 is 4.74 Å². The Labute approximate surface area is 103 Å². The zero-order valence-corrected chi connectivity index (χ0v) is 11.1. The predicted octanol–water partition coefficient (Wildman–Crippen LogP) is 1.70. The minimum Gasteiger partial charge on any atom is -0.380 e. The van der Waals surface area contributed by atoms with Crippen molar-refractivity contribution in [2.24, 2.45) is 0 Å². The second kappa shape index (κ2) is 6.74. The van der Waals surface area contributed by atoms with Crippen molar-refractivity contribution in [2.75, 3.05) is 19.8 Å². The minimum atomic E-state index is -3.40. The Bertz CT molecular complexity index is 443. The molecular weight excluding hydrogens is 238 g/mol. The molecule has 5 heteroatoms. The SMILES string of the molecule is CCCOCCNS(=O)(=O)c1cccc(C)c1. The van der Waals surface area contributed by atoms with E-state index in [4.69, 9.17) is 4.74 Å². The molecule has 1 aromatic rings. The second-order valence-electron chi connectivity index (χ2n) is 3.83. The van der Waals surface area contributed by atoms with Gasteiger partial charge in [0.05, 0.1) is 11.5 Å². The van der Waals surface area contributed by atoms with E-state index in [0.717, 1.165) is 12.0 Å². The first-order valence-corrected chi connectivity index (χ1v) is 7.18. The first-order chi connectivity index (χ1) is 8.06. The fourth-order valence-corrected chi connectivity index (χ4v) is 2.48. The smallest absolute Gasteiger partial charge is 0.240 e. The fourth-order valence-electron chi connectivity index (χ4n) is 1.36. The topological polar surface area (TPSA) is 55.4 Å². The van der Waals surface area contributed by atoms with Gasteiger partial charge in [0.1, 0.15) is 0 Å². The monoisotopic (exact) mass is 257 g/mol. The third-order valence-corrected chi connectivity index (χ3v) is 3.65. The summed E-state index contributed by atoms with van der Waals surface area (Å²) in [6.07, 6.45) is 0.935. The van der Waals surface area contributed by atoms with Crippen LogP contribution < -0.4 is 4.72 Å². The molecule has 0 heterocycles. The van der Waals surface area contributed by atoms with Gasteiger partial charge in [-0.2, -0.15) is 0 Å². The van der Waals surface area contributed by atoms with Crippen LogP contribution in [0.4, 0.5) is 0 Å². The summed E-state index contributed by atoms with van der Waals surface area (Å²) in [5, 5.41) is 0. The molecule has 96 valence electrons. The van der Waals surface area contributed by atoms with Gasteiger partial charge >= 0.3 is 0 Å². The van der Waals surface area contributed by atoms with Crippen LogP contribution in [0.2, 0.25) is 0 Å². The predicted molar refractivity (Wildman–Crippen MR) is 67.5 cm³/mol. The van der Waals surface area contributed by atoms with Crippen molar-refractivity contribution in [1.29, 1.82) is 0 Å². The Morgan fingerprint density at radius 2 is 2.06 bits per heavy atom. The molecule has 0 unspecified atom stereocenters. The molecule has 0 radical (unpaired) electrons. The number of hydrogen-bond donors (Lipinski definition) is 1. The summed E-state index contributed by atoms with van der Waals surface area (Å²) in [7, 11) is -3.40. The minimum absolute atomic E-state index is 0.299. The average molecular weight is 257 g/mol. The lowest BCUT2D eigenvalue weighted by Crippen LogP contribution is -2.27. The van der Waals surface area contributed by atoms with Crippen molar-refractivity contribution in [3.8, 4) is 0 Å². The van der Waals surface area contributed by atoms with E-state index in [1.807, 2.05) is 19.9 Å². The maximum Gasteiger partial charge on any atom is 0.240 e. The summed E-state index contributed by atoms with van der Waals surface area (Å²) in [4.78, 5) is 0.299. The normalized spacial score (nSPS) is 11.6. The molecule has 0 fully saturated rings. The molecule has 0 bridgehead atoms. The van der Waals surface area contributed by atoms with Gasteiger partial charge in [0, 0.05) is 13.2 Å². The second-order valence-corrected chi connectivity index (χ2v) is 5.59. The summed E-state index contributed by atoms with van der Waals surface area (Å²) < 4.78 is 31.4. The fraction of sp³-hybridized carbons (Fsp3) is 0.500. The van der Waals surface area contributed by atoms with Crippen LogP contribution in [0.3, 0.4) is 0 Å². The van der Waals surface area contributed by atoms with E-state index in [1.54, 1.807) is 18.2 Å². The number of ether oxygens (including phenoxy) is 1. The quantitative estimate of drug-likeness (QED) is 0.756. The zero-order chi connectivity index (χ0) is 12.7. The average Bonchev–Trinajstić information content (AvgIpc) is 2.29. The van der Waals surface area contributed by atoms with Gasteiger partial charge in [-0.25, -0.2) is 13.1 Å². The maximum atomic E-state index is 11.9. The van der Waals surface area contributed by atoms with Crippen LogP contribution in [0.25, 0.3) is 0 Å². The Hall–Kier alpha value is -0.910. The number of hydrogen-bond acceptors (Lipinski definition) is 3. The van der Waals surface area contributed by atoms with E-state index in [0.29, 0.717) is 24.7 Å². The van der Waals surface area contributed by atoms with E-state index < -0.39 is 10.0 Å². The molecule has 0 aromatic heterocycles. The van der Waals surface area contributed by atoms with Gasteiger partial charge in [-0.3, -0.25) is 0 Å². The van der Waals surface area contributed by atoms with Crippen LogP contribution in [0.15, 0.2) is 29.2 Å². The lowest BCUT2D eigenvalue weighted by molar-refractivity contribution is 0.140. The summed E-state index contributed by atoms with van der Waals surface area (Å²) in [6.45, 7) is 5.24. The first kappa shape index (κ1) is 14.2. The van der Waals surface area contributed by atoms with Gasteiger partial charge in [0.15, 0.2) is 0 Å². The highest BCUT2D eigenvalue weighted by atomic mass is 32.2. The number of nitrogens with one attached hydrogen (secondary N) is 1. The standard InChI is InChI=1S/C12H19NO3S/c1-3-8-16-9-7-13-17(14,15)12-6-4-5-11(2)10-12/h4-6,10,13H,3,7-9H2,1-2H3. The van der Waals surface area contributed by atoms with Crippen LogP contribution in [0.1, 0.15) is 18.9 Å². The first-order valence-electron chi connectivity index (χ1n) is 5.70. The van der Waals surface area contributed by atoms with Crippen molar-refractivity contribution in [2.45, 2.75) is 25.2 Å². The molecule has 0 aliphatic rings. The Morgan fingerprint density at radius 1 is 1.29 bits per heavy atom. The molecule has 1 rings (SSSR count). The van der Waals surface area contributed by atoms with Crippen molar-refractivity contribution >= 4 is 10.0 Å². The van der Waals surface area contributed by atoms with Crippen LogP contribution in [-0.2, 0) is 14.8 Å². The van der Waals surface area contributed by atoms with E-state index in [2.05, 4.69) is 4.72 Å². The molecule has 1 aromatic carbocycles. The largest absolute Gasteiger partial charge is 0.380 e. The number of aryl methyl sites for hydroxylation is 1. The van der Waals surface area contributed by atoms with E-state index in [1.165, 1.54) is 0 Å². The molecule has 0 aliphatic heterocycles. The molecule has 1 N–H and O–H groups in total. The van der Waals surface area contributed by atoms with Gasteiger partial charge in [-0.1, -0.05) is 19.1 Å². The van der Waals surface area contributed by atoms with E-state index in [-0.39, 0.29) is 0 Å². The highest BCUT2D eigenvalue weighted by molar-refractivity contribution is 7.89. The van der Waals surface area contributed by atoms with Crippen LogP contribution in [0, 0.1) is 6.92 Å². The highest BCUT2D eigenvalue weighted by Crippen LogP contribution is 2.10. The molecule has 0 atom stereocenters.